The van der Waals surface area contributed by atoms with Crippen LogP contribution < -0.4 is 15.1 Å². The van der Waals surface area contributed by atoms with Crippen molar-refractivity contribution < 1.29 is 18.7 Å². The number of esters is 1. The van der Waals surface area contributed by atoms with Gasteiger partial charge in [-0.05, 0) is 62.2 Å². The van der Waals surface area contributed by atoms with Gasteiger partial charge in [0.15, 0.2) is 8.32 Å². The zero-order valence-corrected chi connectivity index (χ0v) is 29.6. The largest absolute Gasteiger partial charge is 0.474 e. The smallest absolute Gasteiger partial charge is 0.343 e. The van der Waals surface area contributed by atoms with Crippen LogP contribution in [0, 0.1) is 0 Å². The predicted octanol–water partition coefficient (Wildman–Crippen LogP) is 6.81. The molecule has 2 saturated heterocycles. The van der Waals surface area contributed by atoms with Gasteiger partial charge in [-0.3, -0.25) is 9.69 Å². The average Bonchev–Trinajstić information content (AvgIpc) is 3.42. The maximum absolute atomic E-state index is 13.6. The number of halogens is 2. The summed E-state index contributed by atoms with van der Waals surface area (Å²) in [5.41, 5.74) is 1.22. The first-order valence-electron chi connectivity index (χ1n) is 15.7. The summed E-state index contributed by atoms with van der Waals surface area (Å²) in [5.74, 6) is -0.220. The highest BCUT2D eigenvalue weighted by atomic mass is 35.5. The van der Waals surface area contributed by atoms with E-state index in [1.807, 2.05) is 6.07 Å². The van der Waals surface area contributed by atoms with Crippen LogP contribution in [0.25, 0.3) is 10.9 Å². The van der Waals surface area contributed by atoms with Crippen molar-refractivity contribution in [3.8, 4) is 5.88 Å². The fourth-order valence-electron chi connectivity index (χ4n) is 5.76. The van der Waals surface area contributed by atoms with E-state index in [-0.39, 0.29) is 34.7 Å². The van der Waals surface area contributed by atoms with Gasteiger partial charge < -0.3 is 23.4 Å². The molecule has 0 unspecified atom stereocenters. The molecular weight excluding hydrogens is 631 g/mol. The van der Waals surface area contributed by atoms with Crippen LogP contribution in [0.2, 0.25) is 28.2 Å². The van der Waals surface area contributed by atoms with E-state index >= 15 is 0 Å². The standard InChI is InChI=1S/C33H44Cl2N4O5Si/c1-7-42-32(41)25-20-39(23-18-37(19-23)14-15-44-45(5,6)33(2,3)4)28-17-29(27(35)16-24(28)30(25)40)38-13-9-10-22(38)21-43-31-26(34)11-8-12-36-31/h8,11-12,16-17,20,22-23H,7,9-10,13-15,18-19,21H2,1-6H3/t22-/m1/s1. The van der Waals surface area contributed by atoms with Crippen LogP contribution in [0.1, 0.15) is 56.9 Å². The number of benzene rings is 1. The van der Waals surface area contributed by atoms with Gasteiger partial charge in [0.2, 0.25) is 11.3 Å². The Bertz CT molecular complexity index is 1600. The first-order chi connectivity index (χ1) is 21.3. The van der Waals surface area contributed by atoms with E-state index in [4.69, 9.17) is 37.1 Å². The van der Waals surface area contributed by atoms with Gasteiger partial charge in [0, 0.05) is 50.6 Å². The van der Waals surface area contributed by atoms with E-state index in [1.54, 1.807) is 37.5 Å². The summed E-state index contributed by atoms with van der Waals surface area (Å²) in [6.45, 7) is 17.5. The third kappa shape index (κ3) is 7.20. The van der Waals surface area contributed by atoms with E-state index in [2.05, 4.69) is 53.2 Å². The molecule has 9 nitrogen and oxygen atoms in total. The number of anilines is 1. The molecule has 0 radical (unpaired) electrons. The van der Waals surface area contributed by atoms with Crippen molar-refractivity contribution >= 4 is 54.1 Å². The lowest BCUT2D eigenvalue weighted by Gasteiger charge is -2.42. The van der Waals surface area contributed by atoms with E-state index in [0.717, 1.165) is 50.2 Å². The van der Waals surface area contributed by atoms with Gasteiger partial charge in [0.05, 0.1) is 34.9 Å². The summed E-state index contributed by atoms with van der Waals surface area (Å²) >= 11 is 13.2. The maximum Gasteiger partial charge on any atom is 0.343 e. The average molecular weight is 676 g/mol. The Kier molecular flexibility index (Phi) is 10.2. The highest BCUT2D eigenvalue weighted by molar-refractivity contribution is 6.74. The Balaban J connectivity index is 1.41. The molecule has 0 spiro atoms. The predicted molar refractivity (Wildman–Crippen MR) is 183 cm³/mol. The Labute approximate surface area is 276 Å². The Morgan fingerprint density at radius 1 is 1.16 bits per heavy atom. The van der Waals surface area contributed by atoms with E-state index in [9.17, 15) is 9.59 Å². The van der Waals surface area contributed by atoms with Crippen LogP contribution >= 0.6 is 23.2 Å². The number of carbonyl (C=O) groups is 1. The van der Waals surface area contributed by atoms with Crippen molar-refractivity contribution in [3.05, 3.63) is 62.5 Å². The van der Waals surface area contributed by atoms with Crippen LogP contribution in [0.3, 0.4) is 0 Å². The number of fused-ring (bicyclic) bond motifs is 1. The highest BCUT2D eigenvalue weighted by Crippen LogP contribution is 2.38. The SMILES string of the molecule is CCOC(=O)c1cn(C2CN(CCO[Si](C)(C)C(C)(C)C)C2)c2cc(N3CCC[C@@H]3COc3ncccc3Cl)c(Cl)cc2c1=O. The second-order valence-corrected chi connectivity index (χ2v) is 19.1. The van der Waals surface area contributed by atoms with Crippen LogP contribution in [0.5, 0.6) is 5.88 Å². The third-order valence-electron chi connectivity index (χ3n) is 9.43. The first-order valence-corrected chi connectivity index (χ1v) is 19.4. The normalized spacial score (nSPS) is 18.0. The highest BCUT2D eigenvalue weighted by Gasteiger charge is 2.38. The lowest BCUT2D eigenvalue weighted by atomic mass is 10.0. The molecule has 45 heavy (non-hydrogen) atoms. The Morgan fingerprint density at radius 2 is 1.91 bits per heavy atom. The Morgan fingerprint density at radius 3 is 2.60 bits per heavy atom. The molecule has 0 amide bonds. The van der Waals surface area contributed by atoms with Gasteiger partial charge in [-0.15, -0.1) is 0 Å². The molecule has 1 atom stereocenters. The number of hydrogen-bond donors (Lipinski definition) is 0. The zero-order chi connectivity index (χ0) is 32.5. The second kappa shape index (κ2) is 13.6. The molecule has 0 bridgehead atoms. The minimum Gasteiger partial charge on any atom is -0.474 e. The molecule has 5 rings (SSSR count). The number of rotatable bonds is 11. The van der Waals surface area contributed by atoms with Gasteiger partial charge in [0.1, 0.15) is 17.2 Å². The monoisotopic (exact) mass is 674 g/mol. The van der Waals surface area contributed by atoms with Gasteiger partial charge in [-0.25, -0.2) is 9.78 Å². The maximum atomic E-state index is 13.6. The number of aromatic nitrogens is 2. The van der Waals surface area contributed by atoms with Gasteiger partial charge >= 0.3 is 5.97 Å². The molecule has 0 N–H and O–H groups in total. The number of hydrogen-bond acceptors (Lipinski definition) is 8. The van der Waals surface area contributed by atoms with E-state index in [0.29, 0.717) is 34.5 Å². The number of nitrogens with zero attached hydrogens (tertiary/aromatic N) is 4. The molecule has 1 aromatic carbocycles. The van der Waals surface area contributed by atoms with Crippen LogP contribution in [-0.4, -0.2) is 80.8 Å². The lowest BCUT2D eigenvalue weighted by molar-refractivity contribution is 0.0522. The summed E-state index contributed by atoms with van der Waals surface area (Å²) < 4.78 is 19.7. The minimum atomic E-state index is -1.82. The number of likely N-dealkylation sites (tertiary alicyclic amines) is 1. The van der Waals surface area contributed by atoms with Crippen molar-refractivity contribution in [2.24, 2.45) is 0 Å². The molecule has 2 fully saturated rings. The van der Waals surface area contributed by atoms with E-state index < -0.39 is 14.3 Å². The molecule has 0 saturated carbocycles. The number of ether oxygens (including phenoxy) is 2. The molecule has 4 heterocycles. The number of pyridine rings is 2. The summed E-state index contributed by atoms with van der Waals surface area (Å²) in [7, 11) is -1.82. The fourth-order valence-corrected chi connectivity index (χ4v) is 7.24. The fraction of sp³-hybridized carbons (Fsp3) is 0.545. The molecular formula is C33H44Cl2N4O5Si. The zero-order valence-electron chi connectivity index (χ0n) is 27.1. The molecule has 2 aliphatic rings. The summed E-state index contributed by atoms with van der Waals surface area (Å²) in [6, 6.07) is 7.34. The quantitative estimate of drug-likeness (QED) is 0.162. The van der Waals surface area contributed by atoms with Crippen molar-refractivity contribution in [2.45, 2.75) is 70.8 Å². The topological polar surface area (TPSA) is 86.1 Å². The molecule has 12 heteroatoms. The summed E-state index contributed by atoms with van der Waals surface area (Å²) in [6.07, 6.45) is 5.21. The second-order valence-electron chi connectivity index (χ2n) is 13.4. The van der Waals surface area contributed by atoms with Crippen LogP contribution in [0.4, 0.5) is 5.69 Å². The molecule has 2 aliphatic heterocycles. The van der Waals surface area contributed by atoms with Crippen molar-refractivity contribution in [1.82, 2.24) is 14.5 Å². The summed E-state index contributed by atoms with van der Waals surface area (Å²) in [5, 5.41) is 1.48. The van der Waals surface area contributed by atoms with E-state index in [1.165, 1.54) is 0 Å². The van der Waals surface area contributed by atoms with Gasteiger partial charge in [-0.1, -0.05) is 44.0 Å². The Hall–Kier alpha value is -2.63. The van der Waals surface area contributed by atoms with Crippen molar-refractivity contribution in [1.29, 1.82) is 0 Å². The van der Waals surface area contributed by atoms with Gasteiger partial charge in [0.25, 0.3) is 0 Å². The molecule has 3 aromatic rings. The van der Waals surface area contributed by atoms with Crippen LogP contribution in [-0.2, 0) is 9.16 Å². The first kappa shape index (κ1) is 33.7. The van der Waals surface area contributed by atoms with Crippen molar-refractivity contribution in [3.63, 3.8) is 0 Å². The van der Waals surface area contributed by atoms with Crippen molar-refractivity contribution in [2.75, 3.05) is 50.9 Å². The van der Waals surface area contributed by atoms with Crippen LogP contribution in [0.15, 0.2) is 41.5 Å². The van der Waals surface area contributed by atoms with Gasteiger partial charge in [-0.2, -0.15) is 0 Å². The molecule has 244 valence electrons. The summed E-state index contributed by atoms with van der Waals surface area (Å²) in [4.78, 5) is 35.3. The number of carbonyl (C=O) groups excluding carboxylic acids is 1. The lowest BCUT2D eigenvalue weighted by Crippen LogP contribution is -2.50. The minimum absolute atomic E-state index is 0.0209. The molecule has 2 aromatic heterocycles. The molecule has 0 aliphatic carbocycles. The third-order valence-corrected chi connectivity index (χ3v) is 14.6.